The molecule has 0 aliphatic rings. The fourth-order valence-electron chi connectivity index (χ4n) is 2.99. The number of hydrogen-bond donors (Lipinski definition) is 1. The van der Waals surface area contributed by atoms with Gasteiger partial charge in [0, 0.05) is 12.1 Å². The van der Waals surface area contributed by atoms with Gasteiger partial charge in [-0.1, -0.05) is 41.7 Å². The maximum atomic E-state index is 12.7. The van der Waals surface area contributed by atoms with Crippen molar-refractivity contribution in [3.8, 4) is 0 Å². The van der Waals surface area contributed by atoms with Crippen molar-refractivity contribution < 1.29 is 27.7 Å². The number of non-ortho nitro benzene ring substituents is 1. The van der Waals surface area contributed by atoms with Gasteiger partial charge >= 0.3 is 5.97 Å². The summed E-state index contributed by atoms with van der Waals surface area (Å²) >= 11 is 0.700. The van der Waals surface area contributed by atoms with Gasteiger partial charge in [-0.2, -0.15) is 0 Å². The summed E-state index contributed by atoms with van der Waals surface area (Å²) in [4.78, 5) is 38.3. The molecule has 0 bridgehead atoms. The van der Waals surface area contributed by atoms with Crippen LogP contribution in [0.4, 0.5) is 10.8 Å². The summed E-state index contributed by atoms with van der Waals surface area (Å²) in [6.45, 7) is -0.588. The fourth-order valence-corrected chi connectivity index (χ4v) is 5.44. The van der Waals surface area contributed by atoms with Crippen LogP contribution in [0.2, 0.25) is 0 Å². The van der Waals surface area contributed by atoms with Gasteiger partial charge in [-0.3, -0.25) is 20.2 Å². The second kappa shape index (κ2) is 9.37. The van der Waals surface area contributed by atoms with E-state index in [1.165, 1.54) is 0 Å². The minimum Gasteiger partial charge on any atom is -0.452 e. The zero-order valence-corrected chi connectivity index (χ0v) is 18.8. The van der Waals surface area contributed by atoms with Crippen LogP contribution in [0.3, 0.4) is 0 Å². The third-order valence-corrected chi connectivity index (χ3v) is 7.82. The topological polar surface area (TPSA) is 146 Å². The smallest absolute Gasteiger partial charge is 0.338 e. The van der Waals surface area contributed by atoms with Crippen molar-refractivity contribution in [1.82, 2.24) is 4.98 Å². The Labute approximate surface area is 196 Å². The quantitative estimate of drug-likeness (QED) is 0.230. The minimum atomic E-state index is -3.98. The number of hydrogen-bond acceptors (Lipinski definition) is 9. The molecule has 12 heteroatoms. The lowest BCUT2D eigenvalue weighted by Gasteiger charge is -2.06. The molecule has 0 fully saturated rings. The highest BCUT2D eigenvalue weighted by atomic mass is 32.2. The second-order valence-corrected chi connectivity index (χ2v) is 10.1. The predicted molar refractivity (Wildman–Crippen MR) is 124 cm³/mol. The number of rotatable bonds is 7. The Morgan fingerprint density at radius 3 is 2.44 bits per heavy atom. The Morgan fingerprint density at radius 1 is 1.03 bits per heavy atom. The number of anilines is 1. The van der Waals surface area contributed by atoms with Gasteiger partial charge in [-0.15, -0.1) is 0 Å². The largest absolute Gasteiger partial charge is 0.452 e. The lowest BCUT2D eigenvalue weighted by molar-refractivity contribution is -0.384. The number of sulfone groups is 1. The van der Waals surface area contributed by atoms with E-state index in [1.807, 2.05) is 24.3 Å². The number of amides is 1. The van der Waals surface area contributed by atoms with E-state index in [2.05, 4.69) is 10.3 Å². The molecule has 1 aromatic heterocycles. The van der Waals surface area contributed by atoms with E-state index in [9.17, 15) is 28.1 Å². The Kier molecular flexibility index (Phi) is 6.34. The number of benzene rings is 3. The molecule has 0 spiro atoms. The Hall–Kier alpha value is -4.16. The zero-order chi connectivity index (χ0) is 24.3. The number of thiazole rings is 1. The monoisotopic (exact) mass is 497 g/mol. The summed E-state index contributed by atoms with van der Waals surface area (Å²) in [5, 5.41) is 14.9. The lowest BCUT2D eigenvalue weighted by atomic mass is 10.1. The summed E-state index contributed by atoms with van der Waals surface area (Å²) in [6, 6.07) is 16.9. The molecule has 0 aliphatic carbocycles. The van der Waals surface area contributed by atoms with Crippen molar-refractivity contribution >= 4 is 54.6 Å². The number of ether oxygens (including phenoxy) is 1. The molecule has 1 N–H and O–H groups in total. The number of carbonyl (C=O) groups is 2. The number of nitrogens with one attached hydrogen (secondary N) is 1. The maximum absolute atomic E-state index is 12.7. The van der Waals surface area contributed by atoms with Crippen LogP contribution in [0.15, 0.2) is 82.0 Å². The van der Waals surface area contributed by atoms with Gasteiger partial charge in [-0.25, -0.2) is 18.2 Å². The summed E-state index contributed by atoms with van der Waals surface area (Å²) in [6.07, 6.45) is 1.07. The molecular weight excluding hydrogens is 482 g/mol. The van der Waals surface area contributed by atoms with Crippen LogP contribution in [-0.4, -0.2) is 36.8 Å². The standard InChI is InChI=1S/C22H15N3O7S2/c26-19(13-32-21(27)16-6-5-14-3-1-2-4-15(14)11-16)24-22-23-12-20(33-22)34(30,31)18-9-7-17(8-10-18)25(28)29/h1-12H,13H2,(H,23,24,26). The summed E-state index contributed by atoms with van der Waals surface area (Å²) in [5.74, 6) is -1.37. The molecule has 34 heavy (non-hydrogen) atoms. The predicted octanol–water partition coefficient (Wildman–Crippen LogP) is 3.83. The molecular formula is C22H15N3O7S2. The maximum Gasteiger partial charge on any atom is 0.338 e. The van der Waals surface area contributed by atoms with Gasteiger partial charge in [0.2, 0.25) is 9.84 Å². The second-order valence-electron chi connectivity index (χ2n) is 6.93. The van der Waals surface area contributed by atoms with Gasteiger partial charge < -0.3 is 4.74 Å². The van der Waals surface area contributed by atoms with Crippen molar-refractivity contribution in [3.63, 3.8) is 0 Å². The first-order chi connectivity index (χ1) is 16.2. The lowest BCUT2D eigenvalue weighted by Crippen LogP contribution is -2.20. The van der Waals surface area contributed by atoms with E-state index in [-0.39, 0.29) is 25.5 Å². The third kappa shape index (κ3) is 4.92. The third-order valence-electron chi connectivity index (χ3n) is 4.67. The van der Waals surface area contributed by atoms with Crippen molar-refractivity contribution in [3.05, 3.63) is 88.6 Å². The normalized spacial score (nSPS) is 11.2. The van der Waals surface area contributed by atoms with Crippen LogP contribution < -0.4 is 5.32 Å². The van der Waals surface area contributed by atoms with Gasteiger partial charge in [0.1, 0.15) is 4.21 Å². The van der Waals surface area contributed by atoms with Gasteiger partial charge in [0.15, 0.2) is 11.7 Å². The van der Waals surface area contributed by atoms with Crippen LogP contribution in [0, 0.1) is 10.1 Å². The first kappa shape index (κ1) is 23.0. The van der Waals surface area contributed by atoms with Crippen molar-refractivity contribution in [2.45, 2.75) is 9.10 Å². The fraction of sp³-hybridized carbons (Fsp3) is 0.0455. The van der Waals surface area contributed by atoms with E-state index >= 15 is 0 Å². The SMILES string of the molecule is O=C(COC(=O)c1ccc2ccccc2c1)Nc1ncc(S(=O)(=O)c2ccc([N+](=O)[O-])cc2)s1. The number of nitrogens with zero attached hydrogens (tertiary/aromatic N) is 2. The van der Waals surface area contributed by atoms with E-state index in [4.69, 9.17) is 4.74 Å². The van der Waals surface area contributed by atoms with E-state index < -0.39 is 33.2 Å². The molecule has 0 radical (unpaired) electrons. The first-order valence-corrected chi connectivity index (χ1v) is 12.0. The Morgan fingerprint density at radius 2 is 1.74 bits per heavy atom. The Balaban J connectivity index is 1.38. The van der Waals surface area contributed by atoms with Crippen molar-refractivity contribution in [2.75, 3.05) is 11.9 Å². The highest BCUT2D eigenvalue weighted by Crippen LogP contribution is 2.29. The molecule has 10 nitrogen and oxygen atoms in total. The molecule has 4 rings (SSSR count). The van der Waals surface area contributed by atoms with Crippen LogP contribution in [-0.2, 0) is 19.4 Å². The zero-order valence-electron chi connectivity index (χ0n) is 17.2. The van der Waals surface area contributed by atoms with E-state index in [1.54, 1.807) is 18.2 Å². The first-order valence-electron chi connectivity index (χ1n) is 9.65. The molecule has 172 valence electrons. The van der Waals surface area contributed by atoms with Crippen LogP contribution in [0.1, 0.15) is 10.4 Å². The number of fused-ring (bicyclic) bond motifs is 1. The molecule has 0 atom stereocenters. The highest BCUT2D eigenvalue weighted by Gasteiger charge is 2.22. The molecule has 0 aliphatic heterocycles. The molecule has 0 unspecified atom stereocenters. The summed E-state index contributed by atoms with van der Waals surface area (Å²) in [7, 11) is -3.98. The summed E-state index contributed by atoms with van der Waals surface area (Å²) in [5.41, 5.74) is 0.0478. The average molecular weight is 498 g/mol. The summed E-state index contributed by atoms with van der Waals surface area (Å²) < 4.78 is 30.3. The van der Waals surface area contributed by atoms with E-state index in [0.717, 1.165) is 41.2 Å². The van der Waals surface area contributed by atoms with Crippen LogP contribution in [0.25, 0.3) is 10.8 Å². The number of nitro benzene ring substituents is 1. The van der Waals surface area contributed by atoms with Crippen molar-refractivity contribution in [1.29, 1.82) is 0 Å². The van der Waals surface area contributed by atoms with Crippen molar-refractivity contribution in [2.24, 2.45) is 0 Å². The van der Waals surface area contributed by atoms with E-state index in [0.29, 0.717) is 11.3 Å². The molecule has 3 aromatic carbocycles. The number of nitro groups is 1. The minimum absolute atomic E-state index is 0.00718. The molecule has 1 heterocycles. The van der Waals surface area contributed by atoms with Gasteiger partial charge in [-0.05, 0) is 35.0 Å². The average Bonchev–Trinajstić information content (AvgIpc) is 3.31. The number of esters is 1. The molecule has 1 amide bonds. The van der Waals surface area contributed by atoms with Gasteiger partial charge in [0.05, 0.1) is 21.6 Å². The number of carbonyl (C=O) groups excluding carboxylic acids is 2. The van der Waals surface area contributed by atoms with Crippen LogP contribution in [0.5, 0.6) is 0 Å². The number of aromatic nitrogens is 1. The van der Waals surface area contributed by atoms with Gasteiger partial charge in [0.25, 0.3) is 11.6 Å². The Bertz CT molecular complexity index is 1510. The molecule has 0 saturated heterocycles. The molecule has 0 saturated carbocycles. The molecule has 4 aromatic rings. The highest BCUT2D eigenvalue weighted by molar-refractivity contribution is 7.93. The van der Waals surface area contributed by atoms with Crippen LogP contribution >= 0.6 is 11.3 Å².